The van der Waals surface area contributed by atoms with Gasteiger partial charge in [0.05, 0.1) is 12.3 Å². The van der Waals surface area contributed by atoms with E-state index >= 15 is 0 Å². The molecule has 0 atom stereocenters. The summed E-state index contributed by atoms with van der Waals surface area (Å²) in [6.45, 7) is 5.89. The summed E-state index contributed by atoms with van der Waals surface area (Å²) in [7, 11) is 0. The molecule has 4 heteroatoms. The van der Waals surface area contributed by atoms with Gasteiger partial charge in [-0.3, -0.25) is 0 Å². The first-order valence-electron chi connectivity index (χ1n) is 4.61. The lowest BCUT2D eigenvalue weighted by Gasteiger charge is -1.98. The van der Waals surface area contributed by atoms with Crippen molar-refractivity contribution >= 4 is 0 Å². The maximum Gasteiger partial charge on any atom is 0.209 e. The summed E-state index contributed by atoms with van der Waals surface area (Å²) in [5.74, 6) is 0.206. The topological polar surface area (TPSA) is 47.3 Å². The fourth-order valence-corrected chi connectivity index (χ4v) is 1.08. The minimum Gasteiger partial charge on any atom is -0.493 e. The van der Waals surface area contributed by atoms with Crippen LogP contribution in [0.4, 0.5) is 0 Å². The largest absolute Gasteiger partial charge is 0.493 e. The van der Waals surface area contributed by atoms with Crippen LogP contribution in [0.1, 0.15) is 26.0 Å². The summed E-state index contributed by atoms with van der Waals surface area (Å²) < 4.78 is 6.84. The molecule has 0 fully saturated rings. The molecule has 0 aliphatic heterocycles. The molecule has 0 unspecified atom stereocenters. The van der Waals surface area contributed by atoms with Gasteiger partial charge in [0.1, 0.15) is 0 Å². The Morgan fingerprint density at radius 2 is 2.31 bits per heavy atom. The number of nitrogens with zero attached hydrogens (tertiary/aromatic N) is 2. The highest BCUT2D eigenvalue weighted by Crippen LogP contribution is 2.11. The fourth-order valence-electron chi connectivity index (χ4n) is 1.08. The second-order valence-electron chi connectivity index (χ2n) is 2.86. The van der Waals surface area contributed by atoms with E-state index in [-0.39, 0.29) is 5.88 Å². The van der Waals surface area contributed by atoms with Gasteiger partial charge in [0.2, 0.25) is 5.88 Å². The van der Waals surface area contributed by atoms with Crippen molar-refractivity contribution in [3.63, 3.8) is 0 Å². The summed E-state index contributed by atoms with van der Waals surface area (Å²) in [4.78, 5) is 0. The second kappa shape index (κ2) is 4.87. The lowest BCUT2D eigenvalue weighted by atomic mass is 10.4. The van der Waals surface area contributed by atoms with Gasteiger partial charge in [-0.05, 0) is 13.3 Å². The molecule has 0 bridgehead atoms. The molecule has 0 radical (unpaired) electrons. The quantitative estimate of drug-likeness (QED) is 0.706. The number of hydrogen-bond acceptors (Lipinski definition) is 3. The van der Waals surface area contributed by atoms with Gasteiger partial charge in [0.25, 0.3) is 0 Å². The zero-order valence-electron chi connectivity index (χ0n) is 8.16. The Kier molecular flexibility index (Phi) is 3.76. The van der Waals surface area contributed by atoms with Gasteiger partial charge in [-0.25, -0.2) is 4.68 Å². The van der Waals surface area contributed by atoms with Crippen LogP contribution in [-0.4, -0.2) is 21.5 Å². The Hall–Kier alpha value is -1.03. The molecule has 1 aromatic rings. The number of ether oxygens (including phenoxy) is 1. The zero-order valence-corrected chi connectivity index (χ0v) is 8.16. The Morgan fingerprint density at radius 1 is 1.54 bits per heavy atom. The minimum atomic E-state index is 0.206. The van der Waals surface area contributed by atoms with E-state index in [0.29, 0.717) is 13.2 Å². The standard InChI is InChI=1S/C9H16N2O2/c1-3-5-13-7-8-6-9(12)11(4-2)10-8/h6,12H,3-5,7H2,1-2H3. The number of aromatic nitrogens is 2. The number of aryl methyl sites for hydroxylation is 1. The van der Waals surface area contributed by atoms with E-state index in [1.54, 1.807) is 10.7 Å². The average molecular weight is 184 g/mol. The molecule has 4 nitrogen and oxygen atoms in total. The monoisotopic (exact) mass is 184 g/mol. The highest BCUT2D eigenvalue weighted by atomic mass is 16.5. The van der Waals surface area contributed by atoms with Crippen LogP contribution in [0, 0.1) is 0 Å². The van der Waals surface area contributed by atoms with Crippen LogP contribution in [-0.2, 0) is 17.9 Å². The Morgan fingerprint density at radius 3 is 2.85 bits per heavy atom. The van der Waals surface area contributed by atoms with Crippen molar-refractivity contribution in [1.29, 1.82) is 0 Å². The van der Waals surface area contributed by atoms with Crippen LogP contribution < -0.4 is 0 Å². The smallest absolute Gasteiger partial charge is 0.209 e. The third-order valence-corrected chi connectivity index (χ3v) is 1.71. The van der Waals surface area contributed by atoms with Crippen LogP contribution >= 0.6 is 0 Å². The number of hydrogen-bond donors (Lipinski definition) is 1. The van der Waals surface area contributed by atoms with Gasteiger partial charge in [-0.15, -0.1) is 0 Å². The summed E-state index contributed by atoms with van der Waals surface area (Å²) >= 11 is 0. The molecule has 0 amide bonds. The van der Waals surface area contributed by atoms with E-state index in [9.17, 15) is 5.11 Å². The van der Waals surface area contributed by atoms with Crippen molar-refractivity contribution in [1.82, 2.24) is 9.78 Å². The van der Waals surface area contributed by atoms with Crippen LogP contribution in [0.3, 0.4) is 0 Å². The minimum absolute atomic E-state index is 0.206. The molecule has 1 aromatic heterocycles. The summed E-state index contributed by atoms with van der Waals surface area (Å²) in [5, 5.41) is 13.5. The SMILES string of the molecule is CCCOCc1cc(O)n(CC)n1. The summed E-state index contributed by atoms with van der Waals surface area (Å²) in [5.41, 5.74) is 0.785. The van der Waals surface area contributed by atoms with Crippen molar-refractivity contribution in [3.8, 4) is 5.88 Å². The normalized spacial score (nSPS) is 10.6. The van der Waals surface area contributed by atoms with Gasteiger partial charge in [-0.2, -0.15) is 5.10 Å². The molecular formula is C9H16N2O2. The first-order valence-corrected chi connectivity index (χ1v) is 4.61. The van der Waals surface area contributed by atoms with E-state index in [2.05, 4.69) is 12.0 Å². The van der Waals surface area contributed by atoms with E-state index in [1.165, 1.54) is 0 Å². The van der Waals surface area contributed by atoms with E-state index in [4.69, 9.17) is 4.74 Å². The Balaban J connectivity index is 2.48. The summed E-state index contributed by atoms with van der Waals surface area (Å²) in [6.07, 6.45) is 1.00. The third-order valence-electron chi connectivity index (χ3n) is 1.71. The molecule has 0 aromatic carbocycles. The molecule has 1 N–H and O–H groups in total. The lowest BCUT2D eigenvalue weighted by Crippen LogP contribution is -1.99. The molecule has 0 saturated carbocycles. The lowest BCUT2D eigenvalue weighted by molar-refractivity contribution is 0.118. The first kappa shape index (κ1) is 10.1. The van der Waals surface area contributed by atoms with Crippen molar-refractivity contribution < 1.29 is 9.84 Å². The van der Waals surface area contributed by atoms with E-state index in [0.717, 1.165) is 18.7 Å². The molecule has 1 heterocycles. The maximum atomic E-state index is 9.33. The third kappa shape index (κ3) is 2.73. The van der Waals surface area contributed by atoms with Crippen molar-refractivity contribution in [2.75, 3.05) is 6.61 Å². The molecule has 0 spiro atoms. The fraction of sp³-hybridized carbons (Fsp3) is 0.667. The number of aromatic hydroxyl groups is 1. The zero-order chi connectivity index (χ0) is 9.68. The Bertz CT molecular complexity index is 258. The van der Waals surface area contributed by atoms with Gasteiger partial charge in [0, 0.05) is 19.2 Å². The van der Waals surface area contributed by atoms with Crippen LogP contribution in [0.15, 0.2) is 6.07 Å². The van der Waals surface area contributed by atoms with Crippen LogP contribution in [0.25, 0.3) is 0 Å². The van der Waals surface area contributed by atoms with E-state index < -0.39 is 0 Å². The predicted octanol–water partition coefficient (Wildman–Crippen LogP) is 1.54. The molecule has 1 rings (SSSR count). The molecular weight excluding hydrogens is 168 g/mol. The highest BCUT2D eigenvalue weighted by Gasteiger charge is 2.03. The van der Waals surface area contributed by atoms with Gasteiger partial charge >= 0.3 is 0 Å². The molecule has 0 aliphatic carbocycles. The van der Waals surface area contributed by atoms with Crippen molar-refractivity contribution in [2.45, 2.75) is 33.4 Å². The van der Waals surface area contributed by atoms with Gasteiger partial charge < -0.3 is 9.84 Å². The average Bonchev–Trinajstić information content (AvgIpc) is 2.47. The van der Waals surface area contributed by atoms with Crippen LogP contribution in [0.2, 0.25) is 0 Å². The first-order chi connectivity index (χ1) is 6.27. The Labute approximate surface area is 78.1 Å². The maximum absolute atomic E-state index is 9.33. The van der Waals surface area contributed by atoms with E-state index in [1.807, 2.05) is 6.92 Å². The van der Waals surface area contributed by atoms with Gasteiger partial charge in [-0.1, -0.05) is 6.92 Å². The number of rotatable bonds is 5. The summed E-state index contributed by atoms with van der Waals surface area (Å²) in [6, 6.07) is 1.64. The highest BCUT2D eigenvalue weighted by molar-refractivity contribution is 5.13. The van der Waals surface area contributed by atoms with Gasteiger partial charge in [0.15, 0.2) is 0 Å². The molecule has 74 valence electrons. The van der Waals surface area contributed by atoms with Crippen LogP contribution in [0.5, 0.6) is 5.88 Å². The molecule has 0 aliphatic rings. The van der Waals surface area contributed by atoms with Crippen molar-refractivity contribution in [2.24, 2.45) is 0 Å². The van der Waals surface area contributed by atoms with Crippen molar-refractivity contribution in [3.05, 3.63) is 11.8 Å². The predicted molar refractivity (Wildman–Crippen MR) is 49.5 cm³/mol. The molecule has 0 saturated heterocycles. The second-order valence-corrected chi connectivity index (χ2v) is 2.86. The molecule has 13 heavy (non-hydrogen) atoms.